The van der Waals surface area contributed by atoms with Crippen LogP contribution >= 0.6 is 0 Å². The van der Waals surface area contributed by atoms with E-state index >= 15 is 0 Å². The van der Waals surface area contributed by atoms with Crippen molar-refractivity contribution in [2.45, 2.75) is 32.2 Å². The van der Waals surface area contributed by atoms with Crippen molar-refractivity contribution >= 4 is 11.9 Å². The van der Waals surface area contributed by atoms with Crippen LogP contribution in [-0.2, 0) is 16.0 Å². The number of benzene rings is 2. The van der Waals surface area contributed by atoms with E-state index in [0.717, 1.165) is 11.1 Å². The summed E-state index contributed by atoms with van der Waals surface area (Å²) in [7, 11) is 0. The first kappa shape index (κ1) is 18.5. The maximum atomic E-state index is 12.1. The number of carboxylic acid groups (broad SMARTS) is 1. The Morgan fingerprint density at radius 1 is 1.08 bits per heavy atom. The average molecular weight is 341 g/mol. The van der Waals surface area contributed by atoms with E-state index < -0.39 is 5.97 Å². The highest BCUT2D eigenvalue weighted by atomic mass is 16.5. The minimum atomic E-state index is -0.872. The van der Waals surface area contributed by atoms with Crippen LogP contribution in [0.25, 0.3) is 0 Å². The molecule has 0 spiro atoms. The van der Waals surface area contributed by atoms with Gasteiger partial charge in [-0.05, 0) is 37.5 Å². The lowest BCUT2D eigenvalue weighted by Gasteiger charge is -2.18. The Morgan fingerprint density at radius 2 is 1.76 bits per heavy atom. The monoisotopic (exact) mass is 341 g/mol. The molecule has 0 radical (unpaired) electrons. The van der Waals surface area contributed by atoms with Crippen molar-refractivity contribution in [3.8, 4) is 5.75 Å². The molecule has 0 saturated heterocycles. The first-order chi connectivity index (χ1) is 12.0. The van der Waals surface area contributed by atoms with Gasteiger partial charge in [-0.2, -0.15) is 0 Å². The van der Waals surface area contributed by atoms with Crippen LogP contribution in [0.5, 0.6) is 5.75 Å². The van der Waals surface area contributed by atoms with Gasteiger partial charge < -0.3 is 15.2 Å². The molecule has 0 bridgehead atoms. The van der Waals surface area contributed by atoms with Crippen LogP contribution in [0.15, 0.2) is 54.6 Å². The van der Waals surface area contributed by atoms with Crippen molar-refractivity contribution in [1.29, 1.82) is 0 Å². The normalized spacial score (nSPS) is 11.6. The number of nitrogens with one attached hydrogen (secondary N) is 1. The predicted molar refractivity (Wildman–Crippen MR) is 95.6 cm³/mol. The van der Waals surface area contributed by atoms with Crippen LogP contribution in [0.4, 0.5) is 0 Å². The molecular formula is C20H23NO4. The van der Waals surface area contributed by atoms with Gasteiger partial charge >= 0.3 is 5.97 Å². The van der Waals surface area contributed by atoms with Crippen LogP contribution in [0.1, 0.15) is 24.0 Å². The molecule has 2 N–H and O–H groups in total. The zero-order valence-electron chi connectivity index (χ0n) is 14.3. The predicted octanol–water partition coefficient (Wildman–Crippen LogP) is 2.97. The van der Waals surface area contributed by atoms with Crippen molar-refractivity contribution in [2.75, 3.05) is 6.61 Å². The summed E-state index contributed by atoms with van der Waals surface area (Å²) < 4.78 is 5.47. The fraction of sp³-hybridized carbons (Fsp3) is 0.300. The highest BCUT2D eigenvalue weighted by molar-refractivity contribution is 5.78. The Bertz CT molecular complexity index is 683. The van der Waals surface area contributed by atoms with Gasteiger partial charge in [0, 0.05) is 12.5 Å². The number of aliphatic carboxylic acids is 1. The van der Waals surface area contributed by atoms with Gasteiger partial charge in [0.05, 0.1) is 0 Å². The third kappa shape index (κ3) is 7.08. The summed E-state index contributed by atoms with van der Waals surface area (Å²) in [6, 6.07) is 16.9. The lowest BCUT2D eigenvalue weighted by molar-refractivity contribution is -0.137. The SMILES string of the molecule is Cc1ccc(OCC(=O)NC(CCC(=O)O)Cc2ccccc2)cc1. The van der Waals surface area contributed by atoms with Crippen molar-refractivity contribution < 1.29 is 19.4 Å². The number of ether oxygens (including phenoxy) is 1. The summed E-state index contributed by atoms with van der Waals surface area (Å²) in [6.07, 6.45) is 0.974. The number of carbonyl (C=O) groups excluding carboxylic acids is 1. The largest absolute Gasteiger partial charge is 0.484 e. The molecule has 0 aromatic heterocycles. The van der Waals surface area contributed by atoms with Crippen LogP contribution in [0.2, 0.25) is 0 Å². The highest BCUT2D eigenvalue weighted by Gasteiger charge is 2.15. The van der Waals surface area contributed by atoms with E-state index in [1.165, 1.54) is 0 Å². The molecule has 1 amide bonds. The Morgan fingerprint density at radius 3 is 2.40 bits per heavy atom. The average Bonchev–Trinajstić information content (AvgIpc) is 2.60. The summed E-state index contributed by atoms with van der Waals surface area (Å²) in [5.41, 5.74) is 2.17. The molecule has 1 atom stereocenters. The Labute approximate surface area is 147 Å². The molecule has 0 heterocycles. The maximum Gasteiger partial charge on any atom is 0.303 e. The third-order valence-electron chi connectivity index (χ3n) is 3.79. The fourth-order valence-electron chi connectivity index (χ4n) is 2.47. The van der Waals surface area contributed by atoms with Gasteiger partial charge in [0.1, 0.15) is 5.75 Å². The van der Waals surface area contributed by atoms with Gasteiger partial charge in [-0.3, -0.25) is 9.59 Å². The number of carbonyl (C=O) groups is 2. The van der Waals surface area contributed by atoms with Gasteiger partial charge in [0.15, 0.2) is 6.61 Å². The molecule has 2 aromatic carbocycles. The zero-order valence-corrected chi connectivity index (χ0v) is 14.3. The molecule has 0 aliphatic carbocycles. The van der Waals surface area contributed by atoms with E-state index in [1.54, 1.807) is 0 Å². The number of amides is 1. The smallest absolute Gasteiger partial charge is 0.303 e. The quantitative estimate of drug-likeness (QED) is 0.735. The first-order valence-electron chi connectivity index (χ1n) is 8.27. The van der Waals surface area contributed by atoms with Crippen molar-refractivity contribution in [3.63, 3.8) is 0 Å². The minimum Gasteiger partial charge on any atom is -0.484 e. The highest BCUT2D eigenvalue weighted by Crippen LogP contribution is 2.11. The molecule has 0 fully saturated rings. The molecule has 1 unspecified atom stereocenters. The molecule has 5 heteroatoms. The van der Waals surface area contributed by atoms with Gasteiger partial charge in [-0.15, -0.1) is 0 Å². The Kier molecular flexibility index (Phi) is 7.01. The first-order valence-corrected chi connectivity index (χ1v) is 8.27. The van der Waals surface area contributed by atoms with Crippen LogP contribution in [0.3, 0.4) is 0 Å². The van der Waals surface area contributed by atoms with E-state index in [1.807, 2.05) is 61.5 Å². The summed E-state index contributed by atoms with van der Waals surface area (Å²) in [5.74, 6) is -0.499. The molecule has 2 rings (SSSR count). The number of hydrogen-bond acceptors (Lipinski definition) is 3. The molecule has 132 valence electrons. The van der Waals surface area contributed by atoms with Crippen LogP contribution in [-0.4, -0.2) is 29.6 Å². The standard InChI is InChI=1S/C20H23NO4/c1-15-7-10-18(11-8-15)25-14-19(22)21-17(9-12-20(23)24)13-16-5-3-2-4-6-16/h2-8,10-11,17H,9,12-14H2,1H3,(H,21,22)(H,23,24). The van der Waals surface area contributed by atoms with E-state index in [0.29, 0.717) is 18.6 Å². The van der Waals surface area contributed by atoms with Crippen LogP contribution < -0.4 is 10.1 Å². The van der Waals surface area contributed by atoms with Crippen LogP contribution in [0, 0.1) is 6.92 Å². The van der Waals surface area contributed by atoms with Crippen molar-refractivity contribution in [1.82, 2.24) is 5.32 Å². The summed E-state index contributed by atoms with van der Waals surface area (Å²) in [5, 5.41) is 11.8. The molecular weight excluding hydrogens is 318 g/mol. The van der Waals surface area contributed by atoms with Crippen molar-refractivity contribution in [2.24, 2.45) is 0 Å². The lowest BCUT2D eigenvalue weighted by atomic mass is 10.0. The second kappa shape index (κ2) is 9.47. The maximum absolute atomic E-state index is 12.1. The summed E-state index contributed by atoms with van der Waals surface area (Å²) in [6.45, 7) is 1.88. The number of hydrogen-bond donors (Lipinski definition) is 2. The molecule has 0 saturated carbocycles. The minimum absolute atomic E-state index is 0.0105. The number of aryl methyl sites for hydroxylation is 1. The van der Waals surface area contributed by atoms with E-state index in [2.05, 4.69) is 5.32 Å². The topological polar surface area (TPSA) is 75.6 Å². The Balaban J connectivity index is 1.88. The van der Waals surface area contributed by atoms with Gasteiger partial charge in [0.25, 0.3) is 5.91 Å². The lowest BCUT2D eigenvalue weighted by Crippen LogP contribution is -2.39. The zero-order chi connectivity index (χ0) is 18.1. The molecule has 5 nitrogen and oxygen atoms in total. The number of carboxylic acids is 1. The molecule has 0 aliphatic heterocycles. The van der Waals surface area contributed by atoms with E-state index in [9.17, 15) is 9.59 Å². The van der Waals surface area contributed by atoms with Crippen molar-refractivity contribution in [3.05, 3.63) is 65.7 Å². The number of rotatable bonds is 9. The molecule has 25 heavy (non-hydrogen) atoms. The second-order valence-electron chi connectivity index (χ2n) is 5.99. The molecule has 2 aromatic rings. The van der Waals surface area contributed by atoms with Gasteiger partial charge in [-0.25, -0.2) is 0 Å². The van der Waals surface area contributed by atoms with Gasteiger partial charge in [-0.1, -0.05) is 48.0 Å². The molecule has 0 aliphatic rings. The Hall–Kier alpha value is -2.82. The second-order valence-corrected chi connectivity index (χ2v) is 5.99. The fourth-order valence-corrected chi connectivity index (χ4v) is 2.47. The summed E-state index contributed by atoms with van der Waals surface area (Å²) in [4.78, 5) is 23.0. The summed E-state index contributed by atoms with van der Waals surface area (Å²) >= 11 is 0. The van der Waals surface area contributed by atoms with Gasteiger partial charge in [0.2, 0.25) is 0 Å². The third-order valence-corrected chi connectivity index (χ3v) is 3.79. The van der Waals surface area contributed by atoms with E-state index in [-0.39, 0.29) is 25.0 Å². The van der Waals surface area contributed by atoms with E-state index in [4.69, 9.17) is 9.84 Å².